The summed E-state index contributed by atoms with van der Waals surface area (Å²) < 4.78 is 1.02. The average Bonchev–Trinajstić information content (AvgIpc) is 2.79. The number of hydrogen-bond donors (Lipinski definition) is 2. The summed E-state index contributed by atoms with van der Waals surface area (Å²) in [7, 11) is 0. The van der Waals surface area contributed by atoms with Crippen molar-refractivity contribution in [1.29, 1.82) is 0 Å². The van der Waals surface area contributed by atoms with Gasteiger partial charge in [-0.15, -0.1) is 0 Å². The van der Waals surface area contributed by atoms with Gasteiger partial charge in [0.1, 0.15) is 6.20 Å². The quantitative estimate of drug-likeness (QED) is 0.635. The van der Waals surface area contributed by atoms with Gasteiger partial charge in [-0.1, -0.05) is 61.2 Å². The molecular weight excluding hydrogens is 416 g/mol. The fraction of sp³-hybridized carbons (Fsp3) is 0.304. The van der Waals surface area contributed by atoms with E-state index in [9.17, 15) is 14.4 Å². The van der Waals surface area contributed by atoms with Crippen LogP contribution in [0.5, 0.6) is 0 Å². The maximum atomic E-state index is 13.3. The van der Waals surface area contributed by atoms with E-state index in [1.807, 2.05) is 30.3 Å². The fourth-order valence-electron chi connectivity index (χ4n) is 4.18. The summed E-state index contributed by atoms with van der Waals surface area (Å²) in [6.07, 6.45) is 6.65. The van der Waals surface area contributed by atoms with Crippen molar-refractivity contribution in [3.63, 3.8) is 0 Å². The molecule has 1 unspecified atom stereocenters. The van der Waals surface area contributed by atoms with E-state index < -0.39 is 11.2 Å². The third-order valence-corrected chi connectivity index (χ3v) is 6.05. The lowest BCUT2D eigenvalue weighted by molar-refractivity contribution is 0.0912. The predicted octanol–water partition coefficient (Wildman–Crippen LogP) is 3.63. The number of nitrogens with one attached hydrogen (secondary N) is 2. The number of nitrogens with zero attached hydrogens (tertiary/aromatic N) is 2. The molecule has 1 heterocycles. The zero-order valence-corrected chi connectivity index (χ0v) is 17.6. The van der Waals surface area contributed by atoms with Crippen molar-refractivity contribution in [3.05, 3.63) is 91.7 Å². The maximum absolute atomic E-state index is 13.3. The molecule has 1 saturated carbocycles. The molecule has 31 heavy (non-hydrogen) atoms. The lowest BCUT2D eigenvalue weighted by Gasteiger charge is -2.31. The number of carbonyl (C=O) groups excluding carboxylic acids is 1. The van der Waals surface area contributed by atoms with Gasteiger partial charge in [-0.2, -0.15) is 9.78 Å². The molecule has 1 aromatic heterocycles. The van der Waals surface area contributed by atoms with Crippen LogP contribution in [0.3, 0.4) is 0 Å². The second-order valence-electron chi connectivity index (χ2n) is 7.77. The van der Waals surface area contributed by atoms with Crippen molar-refractivity contribution < 1.29 is 4.79 Å². The Labute approximate surface area is 184 Å². The van der Waals surface area contributed by atoms with E-state index in [0.29, 0.717) is 11.6 Å². The number of hydrogen-bond acceptors (Lipinski definition) is 4. The molecule has 0 aliphatic heterocycles. The second kappa shape index (κ2) is 9.31. The third kappa shape index (κ3) is 4.77. The average molecular weight is 439 g/mol. The molecule has 160 valence electrons. The van der Waals surface area contributed by atoms with E-state index >= 15 is 0 Å². The first-order valence-electron chi connectivity index (χ1n) is 10.4. The van der Waals surface area contributed by atoms with Crippen molar-refractivity contribution in [1.82, 2.24) is 20.1 Å². The van der Waals surface area contributed by atoms with Crippen LogP contribution in [-0.4, -0.2) is 20.7 Å². The Morgan fingerprint density at radius 1 is 1.10 bits per heavy atom. The smallest absolute Gasteiger partial charge is 0.345 e. The molecule has 0 radical (unpaired) electrons. The van der Waals surface area contributed by atoms with Crippen LogP contribution >= 0.6 is 11.6 Å². The zero-order chi connectivity index (χ0) is 21.8. The van der Waals surface area contributed by atoms with Gasteiger partial charge < -0.3 is 5.32 Å². The highest BCUT2D eigenvalue weighted by Gasteiger charge is 2.27. The number of H-pyrrole nitrogens is 1. The molecule has 3 aromatic rings. The Kier molecular flexibility index (Phi) is 6.32. The summed E-state index contributed by atoms with van der Waals surface area (Å²) in [4.78, 5) is 38.8. The van der Waals surface area contributed by atoms with Crippen LogP contribution < -0.4 is 16.6 Å². The van der Waals surface area contributed by atoms with Gasteiger partial charge in [0.05, 0.1) is 22.3 Å². The minimum Gasteiger partial charge on any atom is -0.345 e. The van der Waals surface area contributed by atoms with Gasteiger partial charge in [-0.25, -0.2) is 4.79 Å². The van der Waals surface area contributed by atoms with Crippen LogP contribution in [0.2, 0.25) is 5.02 Å². The standard InChI is InChI=1S/C23H23ClN4O3/c24-19-12-11-17(28-23(31)26-20(29)14-25-28)13-18(19)22(30)27-21(15-7-3-1-4-8-15)16-9-5-2-6-10-16/h1,3-4,7-8,11-14,16,21H,2,5-6,9-10H2,(H,27,30)(H,26,29,31). The monoisotopic (exact) mass is 438 g/mol. The Morgan fingerprint density at radius 2 is 1.84 bits per heavy atom. The van der Waals surface area contributed by atoms with Crippen LogP contribution in [0.1, 0.15) is 54.1 Å². The van der Waals surface area contributed by atoms with Crippen molar-refractivity contribution in [2.75, 3.05) is 0 Å². The maximum Gasteiger partial charge on any atom is 0.349 e. The van der Waals surface area contributed by atoms with Gasteiger partial charge in [-0.3, -0.25) is 14.6 Å². The molecule has 1 amide bonds. The van der Waals surface area contributed by atoms with E-state index in [1.54, 1.807) is 12.1 Å². The van der Waals surface area contributed by atoms with Gasteiger partial charge in [0, 0.05) is 0 Å². The van der Waals surface area contributed by atoms with E-state index in [-0.39, 0.29) is 22.5 Å². The largest absolute Gasteiger partial charge is 0.349 e. The zero-order valence-electron chi connectivity index (χ0n) is 16.9. The molecule has 1 atom stereocenters. The normalized spacial score (nSPS) is 15.4. The number of benzene rings is 2. The molecule has 0 spiro atoms. The van der Waals surface area contributed by atoms with Crippen molar-refractivity contribution in [2.24, 2.45) is 5.92 Å². The highest BCUT2D eigenvalue weighted by atomic mass is 35.5. The minimum atomic E-state index is -0.689. The summed E-state index contributed by atoms with van der Waals surface area (Å²) >= 11 is 6.33. The van der Waals surface area contributed by atoms with Crippen LogP contribution in [0, 0.1) is 5.92 Å². The molecule has 2 N–H and O–H groups in total. The molecule has 1 aliphatic rings. The highest BCUT2D eigenvalue weighted by molar-refractivity contribution is 6.33. The van der Waals surface area contributed by atoms with Crippen molar-refractivity contribution in [2.45, 2.75) is 38.1 Å². The third-order valence-electron chi connectivity index (χ3n) is 5.72. The van der Waals surface area contributed by atoms with Crippen molar-refractivity contribution >= 4 is 17.5 Å². The van der Waals surface area contributed by atoms with E-state index in [4.69, 9.17) is 11.6 Å². The number of amides is 1. The van der Waals surface area contributed by atoms with Crippen LogP contribution in [0.4, 0.5) is 0 Å². The number of carbonyl (C=O) groups is 1. The fourth-order valence-corrected chi connectivity index (χ4v) is 4.38. The molecular formula is C23H23ClN4O3. The first-order chi connectivity index (χ1) is 15.0. The molecule has 0 bridgehead atoms. The molecule has 7 nitrogen and oxygen atoms in total. The molecule has 4 rings (SSSR count). The lowest BCUT2D eigenvalue weighted by Crippen LogP contribution is -2.35. The summed E-state index contributed by atoms with van der Waals surface area (Å²) in [6.45, 7) is 0. The predicted molar refractivity (Wildman–Crippen MR) is 119 cm³/mol. The lowest BCUT2D eigenvalue weighted by atomic mass is 9.81. The van der Waals surface area contributed by atoms with Crippen molar-refractivity contribution in [3.8, 4) is 5.69 Å². The van der Waals surface area contributed by atoms with E-state index in [1.165, 1.54) is 12.5 Å². The van der Waals surface area contributed by atoms with Gasteiger partial charge in [0.25, 0.3) is 11.5 Å². The molecule has 1 aliphatic carbocycles. The molecule has 8 heteroatoms. The topological polar surface area (TPSA) is 96.8 Å². The summed E-state index contributed by atoms with van der Waals surface area (Å²) in [6, 6.07) is 14.5. The highest BCUT2D eigenvalue weighted by Crippen LogP contribution is 2.35. The van der Waals surface area contributed by atoms with E-state index in [0.717, 1.165) is 42.1 Å². The van der Waals surface area contributed by atoms with Crippen LogP contribution in [0.25, 0.3) is 5.69 Å². The number of halogens is 1. The molecule has 0 saturated heterocycles. The van der Waals surface area contributed by atoms with Crippen LogP contribution in [-0.2, 0) is 0 Å². The van der Waals surface area contributed by atoms with E-state index in [2.05, 4.69) is 15.4 Å². The summed E-state index contributed by atoms with van der Waals surface area (Å²) in [5, 5.41) is 7.29. The number of aromatic amines is 1. The number of aromatic nitrogens is 3. The Morgan fingerprint density at radius 3 is 2.55 bits per heavy atom. The Balaban J connectivity index is 1.66. The van der Waals surface area contributed by atoms with Gasteiger partial charge in [0.15, 0.2) is 0 Å². The number of rotatable bonds is 5. The minimum absolute atomic E-state index is 0.123. The molecule has 1 fully saturated rings. The van der Waals surface area contributed by atoms with Gasteiger partial charge >= 0.3 is 5.69 Å². The first kappa shape index (κ1) is 21.1. The summed E-state index contributed by atoms with van der Waals surface area (Å²) in [5.74, 6) is 0.0364. The summed E-state index contributed by atoms with van der Waals surface area (Å²) in [5.41, 5.74) is 0.367. The SMILES string of the molecule is O=C(NC(c1ccccc1)C1CCCCC1)c1cc(-n2ncc(=O)[nH]c2=O)ccc1Cl. The van der Waals surface area contributed by atoms with Crippen LogP contribution in [0.15, 0.2) is 64.3 Å². The van der Waals surface area contributed by atoms with Gasteiger partial charge in [-0.05, 0) is 42.5 Å². The Hall–Kier alpha value is -3.19. The van der Waals surface area contributed by atoms with Gasteiger partial charge in [0.2, 0.25) is 0 Å². The Bertz CT molecular complexity index is 1180. The second-order valence-corrected chi connectivity index (χ2v) is 8.18. The first-order valence-corrected chi connectivity index (χ1v) is 10.7. The molecule has 2 aromatic carbocycles.